The maximum absolute atomic E-state index is 11.4. The molecule has 1 aromatic rings. The Kier molecular flexibility index (Phi) is 9.58. The summed E-state index contributed by atoms with van der Waals surface area (Å²) in [6.45, 7) is 5.68. The molecule has 0 saturated carbocycles. The average molecular weight is 375 g/mol. The van der Waals surface area contributed by atoms with Crippen molar-refractivity contribution in [2.75, 3.05) is 30.5 Å². The number of benzene rings is 1. The molecule has 1 aliphatic rings. The highest BCUT2D eigenvalue weighted by atomic mass is 32.2. The third-order valence-corrected chi connectivity index (χ3v) is 6.58. The molecule has 0 aliphatic carbocycles. The van der Waals surface area contributed by atoms with Gasteiger partial charge in [0.15, 0.2) is 11.5 Å². The van der Waals surface area contributed by atoms with Gasteiger partial charge < -0.3 is 9.29 Å². The number of ether oxygens (including phenoxy) is 1. The van der Waals surface area contributed by atoms with Crippen molar-refractivity contribution >= 4 is 26.8 Å². The second-order valence-electron chi connectivity index (χ2n) is 5.69. The van der Waals surface area contributed by atoms with Gasteiger partial charge in [0.2, 0.25) is 0 Å². The third kappa shape index (κ3) is 8.82. The lowest BCUT2D eigenvalue weighted by molar-refractivity contribution is -0.116. The van der Waals surface area contributed by atoms with Gasteiger partial charge in [-0.1, -0.05) is 31.0 Å². The van der Waals surface area contributed by atoms with Crippen LogP contribution in [0, 0.1) is 6.92 Å². The Morgan fingerprint density at radius 3 is 2.29 bits per heavy atom. The minimum atomic E-state index is -4.27. The number of hydrogen-bond acceptors (Lipinski definition) is 5. The van der Waals surface area contributed by atoms with Crippen LogP contribution in [0.5, 0.6) is 0 Å². The molecule has 0 amide bonds. The summed E-state index contributed by atoms with van der Waals surface area (Å²) in [5.41, 5.74) is 0.928. The summed E-state index contributed by atoms with van der Waals surface area (Å²) < 4.78 is 36.4. The van der Waals surface area contributed by atoms with Crippen molar-refractivity contribution in [3.63, 3.8) is 0 Å². The maximum Gasteiger partial charge on any atom is 0.181 e. The van der Waals surface area contributed by atoms with Crippen LogP contribution in [0.3, 0.4) is 0 Å². The first-order valence-corrected chi connectivity index (χ1v) is 11.2. The quantitative estimate of drug-likeness (QED) is 0.563. The predicted octanol–water partition coefficient (Wildman–Crippen LogP) is 2.29. The first-order chi connectivity index (χ1) is 11.3. The number of Topliss-reactive ketones (excluding diaryl/α,β-unsaturated/α-hetero) is 1. The van der Waals surface area contributed by atoms with E-state index in [0.717, 1.165) is 55.3 Å². The van der Waals surface area contributed by atoms with Gasteiger partial charge in [-0.15, -0.1) is 0 Å². The number of rotatable bonds is 6. The van der Waals surface area contributed by atoms with E-state index < -0.39 is 10.1 Å². The molecule has 7 heteroatoms. The van der Waals surface area contributed by atoms with E-state index in [9.17, 15) is 17.8 Å². The molecule has 5 nitrogen and oxygen atoms in total. The number of ketones is 1. The maximum atomic E-state index is 11.4. The van der Waals surface area contributed by atoms with E-state index in [2.05, 4.69) is 6.92 Å². The summed E-state index contributed by atoms with van der Waals surface area (Å²) in [7, 11) is -3.92. The number of unbranched alkanes of at least 4 members (excludes halogenated alkanes) is 1. The molecular formula is C17H26O5S2. The molecule has 0 N–H and O–H groups in total. The monoisotopic (exact) mass is 374 g/mol. The van der Waals surface area contributed by atoms with Crippen LogP contribution in [-0.2, 0) is 30.5 Å². The van der Waals surface area contributed by atoms with Crippen LogP contribution in [0.25, 0.3) is 0 Å². The van der Waals surface area contributed by atoms with E-state index >= 15 is 0 Å². The van der Waals surface area contributed by atoms with Crippen LogP contribution in [0.15, 0.2) is 29.2 Å². The summed E-state index contributed by atoms with van der Waals surface area (Å²) in [5, 5.41) is 0. The zero-order valence-electron chi connectivity index (χ0n) is 14.3. The normalized spacial score (nSPS) is 15.5. The molecule has 136 valence electrons. The minimum absolute atomic E-state index is 0.178. The van der Waals surface area contributed by atoms with Gasteiger partial charge in [-0.25, -0.2) is 8.42 Å². The van der Waals surface area contributed by atoms with Gasteiger partial charge >= 0.3 is 0 Å². The zero-order valence-corrected chi connectivity index (χ0v) is 16.0. The predicted molar refractivity (Wildman–Crippen MR) is 96.5 cm³/mol. The number of carbonyl (C=O) groups excluding carboxylic acids is 1. The summed E-state index contributed by atoms with van der Waals surface area (Å²) in [5.74, 6) is 3.51. The van der Waals surface area contributed by atoms with E-state index in [0.29, 0.717) is 16.7 Å². The van der Waals surface area contributed by atoms with Crippen LogP contribution in [-0.4, -0.2) is 49.2 Å². The number of aryl methyl sites for hydroxylation is 1. The van der Waals surface area contributed by atoms with Crippen LogP contribution in [0.4, 0.5) is 0 Å². The van der Waals surface area contributed by atoms with Crippen molar-refractivity contribution in [1.29, 1.82) is 0 Å². The molecule has 0 unspecified atom stereocenters. The molecule has 0 aromatic heterocycles. The van der Waals surface area contributed by atoms with Crippen molar-refractivity contribution in [1.82, 2.24) is 0 Å². The Morgan fingerprint density at radius 1 is 1.21 bits per heavy atom. The van der Waals surface area contributed by atoms with E-state index in [-0.39, 0.29) is 4.90 Å². The van der Waals surface area contributed by atoms with Gasteiger partial charge in [0.05, 0.1) is 18.1 Å². The lowest BCUT2D eigenvalue weighted by atomic mass is 10.2. The van der Waals surface area contributed by atoms with Crippen molar-refractivity contribution < 1.29 is 22.5 Å². The Bertz CT molecular complexity index is 590. The highest BCUT2D eigenvalue weighted by Gasteiger charge is 2.24. The van der Waals surface area contributed by atoms with Gasteiger partial charge in [-0.05, 0) is 36.4 Å². The van der Waals surface area contributed by atoms with Crippen LogP contribution in [0.2, 0.25) is 0 Å². The largest absolute Gasteiger partial charge is 0.744 e. The molecule has 24 heavy (non-hydrogen) atoms. The van der Waals surface area contributed by atoms with Gasteiger partial charge in [-0.2, -0.15) is 0 Å². The van der Waals surface area contributed by atoms with Gasteiger partial charge in [0, 0.05) is 6.42 Å². The van der Waals surface area contributed by atoms with Gasteiger partial charge in [0.25, 0.3) is 0 Å². The van der Waals surface area contributed by atoms with Gasteiger partial charge in [-0.3, -0.25) is 4.79 Å². The van der Waals surface area contributed by atoms with Crippen molar-refractivity contribution in [2.45, 2.75) is 38.0 Å². The topological polar surface area (TPSA) is 83.5 Å². The Labute approximate surface area is 147 Å². The van der Waals surface area contributed by atoms with Crippen molar-refractivity contribution in [3.05, 3.63) is 29.8 Å². The zero-order chi connectivity index (χ0) is 18.0. The molecule has 1 fully saturated rings. The fourth-order valence-electron chi connectivity index (χ4n) is 2.08. The summed E-state index contributed by atoms with van der Waals surface area (Å²) >= 11 is 0. The summed E-state index contributed by atoms with van der Waals surface area (Å²) in [4.78, 5) is 11.3. The molecule has 1 aromatic carbocycles. The Morgan fingerprint density at radius 2 is 1.79 bits per heavy atom. The third-order valence-electron chi connectivity index (χ3n) is 3.52. The molecule has 1 aliphatic heterocycles. The second-order valence-corrected chi connectivity index (χ2v) is 9.40. The highest BCUT2D eigenvalue weighted by Crippen LogP contribution is 2.08. The molecular weight excluding hydrogens is 348 g/mol. The lowest BCUT2D eigenvalue weighted by Gasteiger charge is -2.13. The second kappa shape index (κ2) is 10.9. The van der Waals surface area contributed by atoms with Crippen molar-refractivity contribution in [3.8, 4) is 0 Å². The number of carbonyl (C=O) groups is 1. The molecule has 0 atom stereocenters. The van der Waals surface area contributed by atoms with Crippen LogP contribution >= 0.6 is 0 Å². The molecule has 0 spiro atoms. The van der Waals surface area contributed by atoms with E-state index in [4.69, 9.17) is 4.74 Å². The van der Waals surface area contributed by atoms with E-state index in [1.165, 1.54) is 12.1 Å². The Balaban J connectivity index is 0.000000243. The van der Waals surface area contributed by atoms with Crippen LogP contribution < -0.4 is 0 Å². The highest BCUT2D eigenvalue weighted by molar-refractivity contribution is 7.97. The van der Waals surface area contributed by atoms with E-state index in [1.807, 2.05) is 6.92 Å². The fraction of sp³-hybridized carbons (Fsp3) is 0.588. The summed E-state index contributed by atoms with van der Waals surface area (Å²) in [6, 6.07) is 5.78. The lowest BCUT2D eigenvalue weighted by Crippen LogP contribution is -2.31. The molecule has 0 radical (unpaired) electrons. The van der Waals surface area contributed by atoms with Crippen LogP contribution in [0.1, 0.15) is 31.7 Å². The van der Waals surface area contributed by atoms with Crippen molar-refractivity contribution in [2.24, 2.45) is 0 Å². The van der Waals surface area contributed by atoms with E-state index in [1.54, 1.807) is 12.1 Å². The molecule has 0 bridgehead atoms. The minimum Gasteiger partial charge on any atom is -0.744 e. The first-order valence-electron chi connectivity index (χ1n) is 8.09. The smallest absolute Gasteiger partial charge is 0.181 e. The fourth-order valence-corrected chi connectivity index (χ4v) is 4.35. The molecule has 1 heterocycles. The SMILES string of the molecule is CCCCC(=O)C[S+]1CCOCC1.Cc1ccc(S(=O)(=O)[O-])cc1. The Hall–Kier alpha value is -0.890. The standard InChI is InChI=1S/C10H19O2S.C7H8O3S/c1-2-3-4-10(11)9-13-7-5-12-6-8-13;1-6-2-4-7(5-3-6)11(8,9)10/h2-9H2,1H3;2-5H,1H3,(H,8,9,10)/q+1;/p-1. The number of hydrogen-bond donors (Lipinski definition) is 0. The first kappa shape index (κ1) is 21.2. The molecule has 2 rings (SSSR count). The molecule has 1 saturated heterocycles. The van der Waals surface area contributed by atoms with Gasteiger partial charge in [0.1, 0.15) is 21.6 Å². The summed E-state index contributed by atoms with van der Waals surface area (Å²) in [6.07, 6.45) is 2.98. The average Bonchev–Trinajstić information content (AvgIpc) is 2.54.